The molecule has 1 saturated heterocycles. The Balaban J connectivity index is 1.41. The summed E-state index contributed by atoms with van der Waals surface area (Å²) >= 11 is 0. The zero-order chi connectivity index (χ0) is 17.3. The molecule has 2 fully saturated rings. The van der Waals surface area contributed by atoms with E-state index in [4.69, 9.17) is 4.74 Å². The summed E-state index contributed by atoms with van der Waals surface area (Å²) in [6.45, 7) is 0.524. The molecular formula is C21H27NO3. The highest BCUT2D eigenvalue weighted by Gasteiger charge is 2.46. The molecule has 1 saturated carbocycles. The molecule has 1 unspecified atom stereocenters. The van der Waals surface area contributed by atoms with Gasteiger partial charge in [-0.15, -0.1) is 0 Å². The Morgan fingerprint density at radius 1 is 1.28 bits per heavy atom. The third kappa shape index (κ3) is 3.44. The number of amides is 1. The van der Waals surface area contributed by atoms with Crippen LogP contribution in [0.4, 0.5) is 4.79 Å². The maximum Gasteiger partial charge on any atom is 0.407 e. The number of nitrogens with one attached hydrogen (secondary N) is 1. The summed E-state index contributed by atoms with van der Waals surface area (Å²) in [5.41, 5.74) is 4.31. The lowest BCUT2D eigenvalue weighted by Gasteiger charge is -2.26. The first-order valence-corrected chi connectivity index (χ1v) is 9.68. The van der Waals surface area contributed by atoms with Gasteiger partial charge in [0.05, 0.1) is 5.54 Å². The highest BCUT2D eigenvalue weighted by molar-refractivity contribution is 5.70. The van der Waals surface area contributed by atoms with Gasteiger partial charge < -0.3 is 14.8 Å². The Bertz CT molecular complexity index is 671. The number of aldehydes is 1. The van der Waals surface area contributed by atoms with Crippen LogP contribution in [0.1, 0.15) is 67.6 Å². The van der Waals surface area contributed by atoms with E-state index in [1.165, 1.54) is 29.5 Å². The van der Waals surface area contributed by atoms with Crippen molar-refractivity contribution >= 4 is 12.4 Å². The molecule has 0 aromatic heterocycles. The molecule has 134 valence electrons. The van der Waals surface area contributed by atoms with E-state index >= 15 is 0 Å². The Morgan fingerprint density at radius 2 is 2.20 bits per heavy atom. The molecule has 4 heteroatoms. The van der Waals surface area contributed by atoms with Gasteiger partial charge in [-0.1, -0.05) is 18.2 Å². The molecule has 1 amide bonds. The largest absolute Gasteiger partial charge is 0.447 e. The Morgan fingerprint density at radius 3 is 3.00 bits per heavy atom. The van der Waals surface area contributed by atoms with Crippen LogP contribution in [0.25, 0.3) is 0 Å². The fraction of sp³-hybridized carbons (Fsp3) is 0.619. The predicted octanol–water partition coefficient (Wildman–Crippen LogP) is 3.91. The van der Waals surface area contributed by atoms with Gasteiger partial charge in [-0.2, -0.15) is 0 Å². The monoisotopic (exact) mass is 341 g/mol. The molecule has 25 heavy (non-hydrogen) atoms. The van der Waals surface area contributed by atoms with E-state index in [0.29, 0.717) is 18.9 Å². The molecule has 1 N–H and O–H groups in total. The molecule has 1 heterocycles. The van der Waals surface area contributed by atoms with Gasteiger partial charge in [0.25, 0.3) is 0 Å². The first-order valence-electron chi connectivity index (χ1n) is 9.68. The van der Waals surface area contributed by atoms with Crippen LogP contribution in [0.15, 0.2) is 18.2 Å². The van der Waals surface area contributed by atoms with Crippen LogP contribution in [0.5, 0.6) is 0 Å². The predicted molar refractivity (Wildman–Crippen MR) is 95.7 cm³/mol. The average molecular weight is 341 g/mol. The molecule has 3 atom stereocenters. The average Bonchev–Trinajstić information content (AvgIpc) is 3.21. The van der Waals surface area contributed by atoms with E-state index in [0.717, 1.165) is 50.7 Å². The van der Waals surface area contributed by atoms with E-state index in [1.54, 1.807) is 0 Å². The second-order valence-corrected chi connectivity index (χ2v) is 8.16. The zero-order valence-electron chi connectivity index (χ0n) is 14.8. The molecule has 4 rings (SSSR count). The van der Waals surface area contributed by atoms with Crippen molar-refractivity contribution in [2.45, 2.75) is 69.2 Å². The van der Waals surface area contributed by atoms with Gasteiger partial charge in [0.15, 0.2) is 0 Å². The number of aryl methyl sites for hydroxylation is 1. The minimum atomic E-state index is -0.258. The van der Waals surface area contributed by atoms with Gasteiger partial charge >= 0.3 is 6.09 Å². The summed E-state index contributed by atoms with van der Waals surface area (Å²) < 4.78 is 5.15. The van der Waals surface area contributed by atoms with Crippen LogP contribution in [-0.4, -0.2) is 24.5 Å². The molecule has 0 radical (unpaired) electrons. The summed E-state index contributed by atoms with van der Waals surface area (Å²) in [6.07, 6.45) is 10.4. The molecule has 4 nitrogen and oxygen atoms in total. The van der Waals surface area contributed by atoms with Gasteiger partial charge in [0.2, 0.25) is 0 Å². The fourth-order valence-electron chi connectivity index (χ4n) is 4.99. The topological polar surface area (TPSA) is 55.4 Å². The van der Waals surface area contributed by atoms with E-state index in [1.807, 2.05) is 0 Å². The standard InChI is InChI=1S/C21H27NO3/c23-10-2-1-3-15-4-5-17-12-18(7-6-16(17)11-15)19-8-9-21(13-19)14-25-20(24)22-21/h6-7,10,12,15,19H,1-5,8-9,11,13-14H2,(H,22,24)/t15?,19-,21+/m0/s1. The van der Waals surface area contributed by atoms with Crippen molar-refractivity contribution in [3.63, 3.8) is 0 Å². The van der Waals surface area contributed by atoms with Crippen LogP contribution in [0.3, 0.4) is 0 Å². The van der Waals surface area contributed by atoms with Crippen molar-refractivity contribution in [2.24, 2.45) is 5.92 Å². The maximum absolute atomic E-state index is 11.4. The number of carbonyl (C=O) groups is 2. The number of carbonyl (C=O) groups excluding carboxylic acids is 2. The Hall–Kier alpha value is -1.84. The number of rotatable bonds is 5. The minimum absolute atomic E-state index is 0.124. The molecule has 1 spiro atoms. The number of unbranched alkanes of at least 4 members (excludes halogenated alkanes) is 1. The van der Waals surface area contributed by atoms with E-state index < -0.39 is 0 Å². The number of hydrogen-bond donors (Lipinski definition) is 1. The van der Waals surface area contributed by atoms with Gasteiger partial charge in [-0.25, -0.2) is 4.79 Å². The molecule has 1 aromatic rings. The minimum Gasteiger partial charge on any atom is -0.447 e. The van der Waals surface area contributed by atoms with Gasteiger partial charge in [0.1, 0.15) is 12.9 Å². The summed E-state index contributed by atoms with van der Waals surface area (Å²) in [5, 5.41) is 3.04. The summed E-state index contributed by atoms with van der Waals surface area (Å²) in [4.78, 5) is 21.9. The van der Waals surface area contributed by atoms with Crippen LogP contribution >= 0.6 is 0 Å². The SMILES string of the molecule is O=CCCCC1CCc2cc([C@H]3CC[C@]4(COC(=O)N4)C3)ccc2C1. The van der Waals surface area contributed by atoms with Gasteiger partial charge in [0, 0.05) is 6.42 Å². The van der Waals surface area contributed by atoms with Crippen molar-refractivity contribution in [3.05, 3.63) is 34.9 Å². The lowest BCUT2D eigenvalue weighted by molar-refractivity contribution is -0.108. The highest BCUT2D eigenvalue weighted by atomic mass is 16.6. The number of benzene rings is 1. The highest BCUT2D eigenvalue weighted by Crippen LogP contribution is 2.43. The van der Waals surface area contributed by atoms with E-state index in [-0.39, 0.29) is 11.6 Å². The number of hydrogen-bond acceptors (Lipinski definition) is 3. The molecule has 1 aliphatic heterocycles. The van der Waals surface area contributed by atoms with Crippen LogP contribution in [-0.2, 0) is 22.4 Å². The normalized spacial score (nSPS) is 30.8. The lowest BCUT2D eigenvalue weighted by atomic mass is 9.80. The second kappa shape index (κ2) is 6.81. The van der Waals surface area contributed by atoms with Crippen molar-refractivity contribution in [1.29, 1.82) is 0 Å². The Kier molecular flexibility index (Phi) is 4.53. The number of fused-ring (bicyclic) bond motifs is 1. The van der Waals surface area contributed by atoms with Crippen molar-refractivity contribution in [1.82, 2.24) is 5.32 Å². The molecule has 2 aliphatic carbocycles. The molecule has 1 aromatic carbocycles. The number of ether oxygens (including phenoxy) is 1. The van der Waals surface area contributed by atoms with E-state index in [2.05, 4.69) is 23.5 Å². The molecular weight excluding hydrogens is 314 g/mol. The van der Waals surface area contributed by atoms with Gasteiger partial charge in [-0.3, -0.25) is 0 Å². The number of alkyl carbamates (subject to hydrolysis) is 1. The summed E-state index contributed by atoms with van der Waals surface area (Å²) in [7, 11) is 0. The van der Waals surface area contributed by atoms with Crippen molar-refractivity contribution in [2.75, 3.05) is 6.61 Å². The van der Waals surface area contributed by atoms with Gasteiger partial charge in [-0.05, 0) is 79.9 Å². The van der Waals surface area contributed by atoms with Crippen LogP contribution < -0.4 is 5.32 Å². The van der Waals surface area contributed by atoms with Crippen molar-refractivity contribution < 1.29 is 14.3 Å². The second-order valence-electron chi connectivity index (χ2n) is 8.16. The fourth-order valence-corrected chi connectivity index (χ4v) is 4.99. The lowest BCUT2D eigenvalue weighted by Crippen LogP contribution is -2.40. The first kappa shape index (κ1) is 16.6. The smallest absolute Gasteiger partial charge is 0.407 e. The van der Waals surface area contributed by atoms with Crippen LogP contribution in [0.2, 0.25) is 0 Å². The third-order valence-corrected chi connectivity index (χ3v) is 6.42. The Labute approximate surface area is 149 Å². The number of cyclic esters (lactones) is 1. The quantitative estimate of drug-likeness (QED) is 0.652. The van der Waals surface area contributed by atoms with Crippen molar-refractivity contribution in [3.8, 4) is 0 Å². The summed E-state index contributed by atoms with van der Waals surface area (Å²) in [5.74, 6) is 1.26. The summed E-state index contributed by atoms with van der Waals surface area (Å²) in [6, 6.07) is 7.04. The molecule has 0 bridgehead atoms. The zero-order valence-corrected chi connectivity index (χ0v) is 14.8. The maximum atomic E-state index is 11.4. The molecule has 3 aliphatic rings. The third-order valence-electron chi connectivity index (χ3n) is 6.42. The first-order chi connectivity index (χ1) is 12.2. The van der Waals surface area contributed by atoms with Crippen LogP contribution in [0, 0.1) is 5.92 Å². The van der Waals surface area contributed by atoms with E-state index in [9.17, 15) is 9.59 Å².